The number of carbonyl (C=O) groups is 3. The molecule has 5 heterocycles. The molecule has 0 saturated carbocycles. The molecule has 0 spiro atoms. The fourth-order valence-electron chi connectivity index (χ4n) is 8.13. The normalized spacial score (nSPS) is 34.5. The van der Waals surface area contributed by atoms with E-state index >= 15 is 0 Å². The number of nitrogens with one attached hydrogen (secondary N) is 2. The number of hydrogen-bond donors (Lipinski definition) is 3. The van der Waals surface area contributed by atoms with E-state index < -0.39 is 39.9 Å². The van der Waals surface area contributed by atoms with Crippen LogP contribution in [0.2, 0.25) is 0 Å². The van der Waals surface area contributed by atoms with Crippen molar-refractivity contribution in [3.63, 3.8) is 0 Å². The summed E-state index contributed by atoms with van der Waals surface area (Å²) in [6, 6.07) is 14.0. The molecule has 3 N–H and O–H groups in total. The molecular formula is C33H34BrN5O5. The van der Waals surface area contributed by atoms with Gasteiger partial charge in [0.15, 0.2) is 0 Å². The fourth-order valence-corrected chi connectivity index (χ4v) is 8.87. The molecule has 5 aliphatic rings. The zero-order valence-corrected chi connectivity index (χ0v) is 26.1. The van der Waals surface area contributed by atoms with Gasteiger partial charge in [-0.1, -0.05) is 64.5 Å². The molecule has 3 aromatic rings. The molecule has 10 nitrogen and oxygen atoms in total. The Morgan fingerprint density at radius 1 is 1.18 bits per heavy atom. The number of hydrogen-bond acceptors (Lipinski definition) is 6. The molecule has 3 amide bonds. The van der Waals surface area contributed by atoms with Crippen molar-refractivity contribution in [2.75, 3.05) is 20.1 Å². The summed E-state index contributed by atoms with van der Waals surface area (Å²) in [4.78, 5) is 50.6. The molecule has 8 rings (SSSR count). The summed E-state index contributed by atoms with van der Waals surface area (Å²) < 4.78 is 5.07. The number of aliphatic hydroxyl groups is 1. The molecule has 0 bridgehead atoms. The van der Waals surface area contributed by atoms with Gasteiger partial charge in [0.2, 0.25) is 17.5 Å². The van der Waals surface area contributed by atoms with Crippen molar-refractivity contribution in [3.05, 3.63) is 77.5 Å². The van der Waals surface area contributed by atoms with Gasteiger partial charge in [-0.3, -0.25) is 28.9 Å². The third-order valence-corrected chi connectivity index (χ3v) is 11.0. The lowest BCUT2D eigenvalue weighted by molar-refractivity contribution is -0.315. The van der Waals surface area contributed by atoms with Gasteiger partial charge in [-0.15, -0.1) is 0 Å². The number of piperazine rings is 1. The highest BCUT2D eigenvalue weighted by atomic mass is 79.9. The van der Waals surface area contributed by atoms with Gasteiger partial charge in [-0.2, -0.15) is 0 Å². The zero-order valence-electron chi connectivity index (χ0n) is 24.5. The Morgan fingerprint density at radius 2 is 1.98 bits per heavy atom. The number of carbonyl (C=O) groups excluding carboxylic acids is 3. The summed E-state index contributed by atoms with van der Waals surface area (Å²) in [6.45, 7) is 2.30. The molecule has 11 heteroatoms. The van der Waals surface area contributed by atoms with Crippen LogP contribution in [-0.2, 0) is 32.0 Å². The molecule has 3 saturated heterocycles. The Bertz CT molecular complexity index is 1760. The molecule has 0 radical (unpaired) electrons. The van der Waals surface area contributed by atoms with Gasteiger partial charge < -0.3 is 20.3 Å². The number of benzene rings is 2. The van der Waals surface area contributed by atoms with Crippen LogP contribution in [0.1, 0.15) is 36.5 Å². The van der Waals surface area contributed by atoms with Crippen molar-refractivity contribution in [1.82, 2.24) is 25.0 Å². The Labute approximate surface area is 263 Å². The number of nitrogens with zero attached hydrogens (tertiary/aromatic N) is 3. The van der Waals surface area contributed by atoms with Crippen LogP contribution in [0.3, 0.4) is 0 Å². The van der Waals surface area contributed by atoms with Crippen molar-refractivity contribution in [1.29, 1.82) is 0 Å². The second-order valence-electron chi connectivity index (χ2n) is 13.0. The predicted octanol–water partition coefficient (Wildman–Crippen LogP) is 2.51. The smallest absolute Gasteiger partial charge is 0.280 e. The number of halogens is 1. The third-order valence-electron chi connectivity index (χ3n) is 10.2. The first kappa shape index (κ1) is 28.0. The average molecular weight is 661 g/mol. The highest BCUT2D eigenvalue weighted by Gasteiger charge is 2.70. The van der Waals surface area contributed by atoms with Crippen molar-refractivity contribution in [2.45, 2.75) is 66.7 Å². The lowest BCUT2D eigenvalue weighted by Crippen LogP contribution is -2.71. The minimum Gasteiger partial charge on any atom is -0.361 e. The number of rotatable bonds is 4. The van der Waals surface area contributed by atoms with Crippen LogP contribution >= 0.6 is 15.9 Å². The van der Waals surface area contributed by atoms with Gasteiger partial charge in [-0.25, -0.2) is 0 Å². The summed E-state index contributed by atoms with van der Waals surface area (Å²) >= 11 is 3.75. The number of H-pyrrole nitrogens is 1. The Kier molecular flexibility index (Phi) is 6.04. The Balaban J connectivity index is 1.14. The molecule has 1 aliphatic carbocycles. The van der Waals surface area contributed by atoms with E-state index in [1.165, 1.54) is 17.4 Å². The zero-order chi connectivity index (χ0) is 30.6. The maximum atomic E-state index is 14.3. The molecule has 3 fully saturated rings. The van der Waals surface area contributed by atoms with E-state index in [4.69, 9.17) is 4.74 Å². The van der Waals surface area contributed by atoms with E-state index in [9.17, 15) is 19.5 Å². The van der Waals surface area contributed by atoms with Crippen LogP contribution in [0.25, 0.3) is 16.5 Å². The first-order valence-corrected chi connectivity index (χ1v) is 16.0. The lowest BCUT2D eigenvalue weighted by atomic mass is 9.79. The summed E-state index contributed by atoms with van der Waals surface area (Å²) in [5.41, 5.74) is 3.38. The van der Waals surface area contributed by atoms with Crippen LogP contribution in [0.4, 0.5) is 0 Å². The molecule has 2 aromatic carbocycles. The van der Waals surface area contributed by atoms with Gasteiger partial charge in [0.1, 0.15) is 16.4 Å². The first-order valence-electron chi connectivity index (χ1n) is 15.2. The van der Waals surface area contributed by atoms with Crippen LogP contribution in [-0.4, -0.2) is 96.7 Å². The van der Waals surface area contributed by atoms with E-state index in [1.54, 1.807) is 4.90 Å². The number of aromatic amines is 1. The minimum absolute atomic E-state index is 0.0927. The SMILES string of the molecule is CN1C[C@@](Br)(C(=O)NC2(C)OC3(O)[C@@H]4CCCN4C(=O)C(Cc4ccccc4)N3C2=O)C=C2c3cccc4[nH]cc(c34)C[C@H]21. The van der Waals surface area contributed by atoms with Crippen LogP contribution in [0, 0.1) is 0 Å². The third kappa shape index (κ3) is 3.85. The highest BCUT2D eigenvalue weighted by molar-refractivity contribution is 9.10. The van der Waals surface area contributed by atoms with E-state index in [0.29, 0.717) is 25.9 Å². The molecule has 1 aromatic heterocycles. The minimum atomic E-state index is -2.07. The maximum absolute atomic E-state index is 14.3. The molecule has 228 valence electrons. The van der Waals surface area contributed by atoms with Crippen molar-refractivity contribution < 1.29 is 24.2 Å². The summed E-state index contributed by atoms with van der Waals surface area (Å²) in [7, 11) is 2.00. The molecule has 44 heavy (non-hydrogen) atoms. The van der Waals surface area contributed by atoms with Gasteiger partial charge in [0.25, 0.3) is 11.8 Å². The van der Waals surface area contributed by atoms with Crippen LogP contribution in [0.15, 0.2) is 60.8 Å². The van der Waals surface area contributed by atoms with E-state index in [1.807, 2.05) is 49.5 Å². The number of aromatic nitrogens is 1. The number of fused-ring (bicyclic) bond motifs is 5. The second kappa shape index (κ2) is 9.50. The Morgan fingerprint density at radius 3 is 2.77 bits per heavy atom. The number of ether oxygens (including phenoxy) is 1. The molecule has 4 aliphatic heterocycles. The van der Waals surface area contributed by atoms with Crippen molar-refractivity contribution in [2.24, 2.45) is 0 Å². The van der Waals surface area contributed by atoms with Gasteiger partial charge in [0.05, 0.1) is 0 Å². The molecular weight excluding hydrogens is 626 g/mol. The quantitative estimate of drug-likeness (QED) is 0.371. The Hall–Kier alpha value is -3.51. The fraction of sp³-hybridized carbons (Fsp3) is 0.424. The van der Waals surface area contributed by atoms with Crippen molar-refractivity contribution in [3.8, 4) is 0 Å². The monoisotopic (exact) mass is 659 g/mol. The summed E-state index contributed by atoms with van der Waals surface area (Å²) in [5.74, 6) is -3.39. The lowest BCUT2D eigenvalue weighted by Gasteiger charge is -2.48. The van der Waals surface area contributed by atoms with Crippen molar-refractivity contribution >= 4 is 50.1 Å². The van der Waals surface area contributed by atoms with Gasteiger partial charge in [-0.05, 0) is 61.6 Å². The summed E-state index contributed by atoms with van der Waals surface area (Å²) in [6.07, 6.45) is 6.24. The predicted molar refractivity (Wildman–Crippen MR) is 166 cm³/mol. The number of alkyl halides is 1. The number of likely N-dealkylation sites (N-methyl/N-ethyl adjacent to an activating group) is 1. The van der Waals surface area contributed by atoms with Gasteiger partial charge in [0, 0.05) is 42.7 Å². The number of amides is 3. The maximum Gasteiger partial charge on any atom is 0.280 e. The second-order valence-corrected chi connectivity index (χ2v) is 14.4. The topological polar surface area (TPSA) is 118 Å². The first-order chi connectivity index (χ1) is 21.0. The summed E-state index contributed by atoms with van der Waals surface area (Å²) in [5, 5.41) is 16.1. The van der Waals surface area contributed by atoms with Gasteiger partial charge >= 0.3 is 0 Å². The highest BCUT2D eigenvalue weighted by Crippen LogP contribution is 2.47. The van der Waals surface area contributed by atoms with E-state index in [2.05, 4.69) is 49.5 Å². The standard InChI is InChI=1S/C33H34BrN5O5/c1-31(30(42)39-25(14-19-8-4-3-5-9-19)28(40)38-13-7-12-26(38)33(39,43)44-31)36-29(41)32(34)16-22-21-10-6-11-23-27(21)20(17-35-23)15-24(22)37(2)18-32/h3-6,8-11,16-17,24-26,35,43H,7,12-15,18H2,1-2H3,(H,36,41)/t24-,25?,26+,31?,32-,33?/m1/s1. The van der Waals surface area contributed by atoms with Crippen LogP contribution in [0.5, 0.6) is 0 Å². The molecule has 6 atom stereocenters. The van der Waals surface area contributed by atoms with E-state index in [0.717, 1.165) is 34.0 Å². The molecule has 3 unspecified atom stereocenters. The largest absolute Gasteiger partial charge is 0.361 e. The van der Waals surface area contributed by atoms with E-state index in [-0.39, 0.29) is 18.4 Å². The van der Waals surface area contributed by atoms with Crippen LogP contribution < -0.4 is 5.32 Å². The average Bonchev–Trinajstić information content (AvgIpc) is 3.70.